The van der Waals surface area contributed by atoms with Crippen molar-refractivity contribution in [3.8, 4) is 5.75 Å². The minimum Gasteiger partial charge on any atom is -0.495 e. The van der Waals surface area contributed by atoms with Gasteiger partial charge in [-0.05, 0) is 37.1 Å². The highest BCUT2D eigenvalue weighted by atomic mass is 32.2. The molecule has 7 heteroatoms. The number of aryl methyl sites for hydroxylation is 2. The number of rotatable bonds is 7. The Morgan fingerprint density at radius 1 is 1.19 bits per heavy atom. The van der Waals surface area contributed by atoms with Crippen molar-refractivity contribution in [2.45, 2.75) is 32.1 Å². The molecule has 0 aromatic heterocycles. The standard InChI is InChI=1S/C14H22N2O4S/c1-5-14(17)15-6-7-16-21(18,19)13-9-11(3)10(2)8-12(13)20-4/h8-9,16H,5-7H2,1-4H3,(H,15,17). The van der Waals surface area contributed by atoms with Crippen molar-refractivity contribution >= 4 is 15.9 Å². The predicted molar refractivity (Wildman–Crippen MR) is 81.0 cm³/mol. The zero-order chi connectivity index (χ0) is 16.0. The first kappa shape index (κ1) is 17.5. The molecule has 1 aromatic carbocycles. The van der Waals surface area contributed by atoms with E-state index in [1.54, 1.807) is 19.1 Å². The van der Waals surface area contributed by atoms with E-state index in [2.05, 4.69) is 10.0 Å². The summed E-state index contributed by atoms with van der Waals surface area (Å²) in [5, 5.41) is 2.61. The number of carbonyl (C=O) groups excluding carboxylic acids is 1. The van der Waals surface area contributed by atoms with E-state index in [0.717, 1.165) is 11.1 Å². The number of nitrogens with one attached hydrogen (secondary N) is 2. The molecule has 0 radical (unpaired) electrons. The van der Waals surface area contributed by atoms with Crippen molar-refractivity contribution in [2.24, 2.45) is 0 Å². The van der Waals surface area contributed by atoms with Crippen molar-refractivity contribution < 1.29 is 17.9 Å². The van der Waals surface area contributed by atoms with Crippen molar-refractivity contribution in [1.29, 1.82) is 0 Å². The molecule has 0 aliphatic rings. The van der Waals surface area contributed by atoms with Crippen molar-refractivity contribution in [3.05, 3.63) is 23.3 Å². The van der Waals surface area contributed by atoms with Crippen LogP contribution in [0.2, 0.25) is 0 Å². The lowest BCUT2D eigenvalue weighted by Gasteiger charge is -2.13. The highest BCUT2D eigenvalue weighted by Crippen LogP contribution is 2.26. The van der Waals surface area contributed by atoms with Gasteiger partial charge < -0.3 is 10.1 Å². The fourth-order valence-electron chi connectivity index (χ4n) is 1.72. The van der Waals surface area contributed by atoms with Crippen LogP contribution in [0.5, 0.6) is 5.75 Å². The summed E-state index contributed by atoms with van der Waals surface area (Å²) in [7, 11) is -2.24. The second-order valence-electron chi connectivity index (χ2n) is 4.69. The van der Waals surface area contributed by atoms with Gasteiger partial charge in [0.2, 0.25) is 15.9 Å². The number of hydrogen-bond acceptors (Lipinski definition) is 4. The van der Waals surface area contributed by atoms with Crippen molar-refractivity contribution in [3.63, 3.8) is 0 Å². The fraction of sp³-hybridized carbons (Fsp3) is 0.500. The Balaban J connectivity index is 2.83. The van der Waals surface area contributed by atoms with E-state index in [1.165, 1.54) is 7.11 Å². The summed E-state index contributed by atoms with van der Waals surface area (Å²) >= 11 is 0. The number of ether oxygens (including phenoxy) is 1. The molecule has 0 heterocycles. The third-order valence-electron chi connectivity index (χ3n) is 3.13. The van der Waals surface area contributed by atoms with E-state index in [9.17, 15) is 13.2 Å². The number of amides is 1. The first-order valence-electron chi connectivity index (χ1n) is 6.73. The molecule has 0 aliphatic carbocycles. The second kappa shape index (κ2) is 7.42. The van der Waals surface area contributed by atoms with Gasteiger partial charge in [0.15, 0.2) is 0 Å². The average Bonchev–Trinajstić information content (AvgIpc) is 2.45. The van der Waals surface area contributed by atoms with Gasteiger partial charge in [-0.2, -0.15) is 0 Å². The molecule has 21 heavy (non-hydrogen) atoms. The Morgan fingerprint density at radius 3 is 2.38 bits per heavy atom. The summed E-state index contributed by atoms with van der Waals surface area (Å²) in [6.07, 6.45) is 0.373. The molecule has 0 spiro atoms. The summed E-state index contributed by atoms with van der Waals surface area (Å²) in [5.74, 6) is 0.196. The largest absolute Gasteiger partial charge is 0.495 e. The van der Waals surface area contributed by atoms with Crippen LogP contribution >= 0.6 is 0 Å². The maximum absolute atomic E-state index is 12.3. The smallest absolute Gasteiger partial charge is 0.244 e. The van der Waals surface area contributed by atoms with E-state index in [4.69, 9.17) is 4.74 Å². The first-order valence-corrected chi connectivity index (χ1v) is 8.21. The molecule has 0 saturated carbocycles. The fourth-order valence-corrected chi connectivity index (χ4v) is 2.99. The van der Waals surface area contributed by atoms with Crippen LogP contribution in [-0.2, 0) is 14.8 Å². The summed E-state index contributed by atoms with van der Waals surface area (Å²) in [4.78, 5) is 11.2. The molecule has 0 bridgehead atoms. The number of carbonyl (C=O) groups is 1. The molecule has 0 atom stereocenters. The maximum Gasteiger partial charge on any atom is 0.244 e. The molecule has 1 amide bonds. The van der Waals surface area contributed by atoms with Gasteiger partial charge in [-0.15, -0.1) is 0 Å². The molecule has 0 fully saturated rings. The van der Waals surface area contributed by atoms with Gasteiger partial charge in [-0.25, -0.2) is 13.1 Å². The monoisotopic (exact) mass is 314 g/mol. The SMILES string of the molecule is CCC(=O)NCCNS(=O)(=O)c1cc(C)c(C)cc1OC. The van der Waals surface area contributed by atoms with Crippen molar-refractivity contribution in [1.82, 2.24) is 10.0 Å². The minimum atomic E-state index is -3.67. The van der Waals surface area contributed by atoms with Gasteiger partial charge in [0.1, 0.15) is 10.6 Å². The molecule has 0 aliphatic heterocycles. The number of benzene rings is 1. The van der Waals surface area contributed by atoms with Gasteiger partial charge >= 0.3 is 0 Å². The molecular weight excluding hydrogens is 292 g/mol. The topological polar surface area (TPSA) is 84.5 Å². The van der Waals surface area contributed by atoms with Crippen LogP contribution < -0.4 is 14.8 Å². The maximum atomic E-state index is 12.3. The molecular formula is C14H22N2O4S. The van der Waals surface area contributed by atoms with E-state index >= 15 is 0 Å². The Hall–Kier alpha value is -1.60. The zero-order valence-corrected chi connectivity index (χ0v) is 13.6. The molecule has 118 valence electrons. The normalized spacial score (nSPS) is 11.2. The lowest BCUT2D eigenvalue weighted by molar-refractivity contribution is -0.120. The molecule has 0 saturated heterocycles. The Kier molecular flexibility index (Phi) is 6.17. The number of hydrogen-bond donors (Lipinski definition) is 2. The Morgan fingerprint density at radius 2 is 1.81 bits per heavy atom. The zero-order valence-electron chi connectivity index (χ0n) is 12.8. The summed E-state index contributed by atoms with van der Waals surface area (Å²) in [6.45, 7) is 5.85. The number of sulfonamides is 1. The van der Waals surface area contributed by atoms with Crippen molar-refractivity contribution in [2.75, 3.05) is 20.2 Å². The minimum absolute atomic E-state index is 0.106. The van der Waals surface area contributed by atoms with Crippen LogP contribution in [0.1, 0.15) is 24.5 Å². The van der Waals surface area contributed by atoms with E-state index in [0.29, 0.717) is 12.2 Å². The lowest BCUT2D eigenvalue weighted by atomic mass is 10.1. The van der Waals surface area contributed by atoms with Crippen LogP contribution in [0.4, 0.5) is 0 Å². The molecule has 1 aromatic rings. The van der Waals surface area contributed by atoms with Gasteiger partial charge in [0.25, 0.3) is 0 Å². The quantitative estimate of drug-likeness (QED) is 0.739. The molecule has 0 unspecified atom stereocenters. The van der Waals surface area contributed by atoms with Crippen LogP contribution in [0, 0.1) is 13.8 Å². The predicted octanol–water partition coefficient (Wildman–Crippen LogP) is 1.12. The third-order valence-corrected chi connectivity index (χ3v) is 4.61. The van der Waals surface area contributed by atoms with Gasteiger partial charge in [0.05, 0.1) is 7.11 Å². The number of methoxy groups -OCH3 is 1. The van der Waals surface area contributed by atoms with Gasteiger partial charge in [-0.3, -0.25) is 4.79 Å². The summed E-state index contributed by atoms with van der Waals surface area (Å²) < 4.78 is 32.2. The summed E-state index contributed by atoms with van der Waals surface area (Å²) in [5.41, 5.74) is 1.83. The third kappa shape index (κ3) is 4.71. The lowest BCUT2D eigenvalue weighted by Crippen LogP contribution is -2.34. The Bertz CT molecular complexity index is 612. The van der Waals surface area contributed by atoms with Gasteiger partial charge in [-0.1, -0.05) is 6.92 Å². The molecule has 6 nitrogen and oxygen atoms in total. The van der Waals surface area contributed by atoms with E-state index in [1.807, 2.05) is 13.8 Å². The van der Waals surface area contributed by atoms with Crippen LogP contribution in [0.15, 0.2) is 17.0 Å². The van der Waals surface area contributed by atoms with Crippen LogP contribution in [-0.4, -0.2) is 34.5 Å². The van der Waals surface area contributed by atoms with Gasteiger partial charge in [0, 0.05) is 19.5 Å². The molecule has 2 N–H and O–H groups in total. The summed E-state index contributed by atoms with van der Waals surface area (Å²) in [6, 6.07) is 3.28. The Labute approximate surface area is 125 Å². The first-order chi connectivity index (χ1) is 9.81. The highest BCUT2D eigenvalue weighted by Gasteiger charge is 2.20. The second-order valence-corrected chi connectivity index (χ2v) is 6.42. The van der Waals surface area contributed by atoms with E-state index < -0.39 is 10.0 Å². The molecule has 1 rings (SSSR count). The van der Waals surface area contributed by atoms with E-state index in [-0.39, 0.29) is 23.9 Å². The highest BCUT2D eigenvalue weighted by molar-refractivity contribution is 7.89. The average molecular weight is 314 g/mol. The van der Waals surface area contributed by atoms with Crippen LogP contribution in [0.25, 0.3) is 0 Å². The van der Waals surface area contributed by atoms with Crippen LogP contribution in [0.3, 0.4) is 0 Å².